The summed E-state index contributed by atoms with van der Waals surface area (Å²) in [5, 5.41) is 11.5. The summed E-state index contributed by atoms with van der Waals surface area (Å²) >= 11 is 0. The molecule has 0 aliphatic rings. The van der Waals surface area contributed by atoms with Crippen molar-refractivity contribution in [2.45, 2.75) is 0 Å². The van der Waals surface area contributed by atoms with Gasteiger partial charge < -0.3 is 4.74 Å². The maximum absolute atomic E-state index is 6.17. The van der Waals surface area contributed by atoms with Crippen LogP contribution in [-0.2, 0) is 0 Å². The number of ether oxygens (including phenoxy) is 1. The van der Waals surface area contributed by atoms with Crippen LogP contribution >= 0.6 is 0 Å². The van der Waals surface area contributed by atoms with Gasteiger partial charge in [0, 0.05) is 35.3 Å². The number of hydrogen-bond acceptors (Lipinski definition) is 3. The first-order chi connectivity index (χ1) is 15.3. The van der Waals surface area contributed by atoms with E-state index in [0.717, 1.165) is 44.7 Å². The van der Waals surface area contributed by atoms with E-state index < -0.39 is 0 Å². The largest absolute Gasteiger partial charge is 0.457 e. The minimum Gasteiger partial charge on any atom is -0.457 e. The number of aromatic nitrogens is 4. The van der Waals surface area contributed by atoms with E-state index in [0.29, 0.717) is 0 Å². The van der Waals surface area contributed by atoms with Gasteiger partial charge in [0.1, 0.15) is 11.5 Å². The van der Waals surface area contributed by atoms with Crippen molar-refractivity contribution in [1.29, 1.82) is 0 Å². The topological polar surface area (TPSA) is 44.9 Å². The highest BCUT2D eigenvalue weighted by atomic mass is 16.5. The van der Waals surface area contributed by atoms with E-state index in [1.54, 1.807) is 0 Å². The average molecular weight is 402 g/mol. The summed E-state index contributed by atoms with van der Waals surface area (Å²) in [6, 6.07) is 32.0. The zero-order valence-corrected chi connectivity index (χ0v) is 16.6. The minimum absolute atomic E-state index is 0.750. The Morgan fingerprint density at radius 3 is 1.48 bits per heavy atom. The van der Waals surface area contributed by atoms with Crippen LogP contribution in [0.25, 0.3) is 33.2 Å². The van der Waals surface area contributed by atoms with Crippen LogP contribution in [0.1, 0.15) is 0 Å². The molecule has 0 N–H and O–H groups in total. The second kappa shape index (κ2) is 7.15. The Bertz CT molecular complexity index is 1350. The first-order valence-corrected chi connectivity index (χ1v) is 10.1. The highest BCUT2D eigenvalue weighted by Crippen LogP contribution is 2.26. The second-order valence-corrected chi connectivity index (χ2v) is 7.36. The average Bonchev–Trinajstić information content (AvgIpc) is 3.44. The highest BCUT2D eigenvalue weighted by Gasteiger charge is 2.07. The minimum atomic E-state index is 0.750. The first-order valence-electron chi connectivity index (χ1n) is 10.1. The molecular weight excluding hydrogens is 384 g/mol. The molecule has 0 spiro atoms. The summed E-state index contributed by atoms with van der Waals surface area (Å²) in [5.74, 6) is 1.50. The van der Waals surface area contributed by atoms with Crippen LogP contribution in [0.3, 0.4) is 0 Å². The molecule has 5 heteroatoms. The van der Waals surface area contributed by atoms with Gasteiger partial charge in [0.15, 0.2) is 0 Å². The molecule has 6 aromatic rings. The molecule has 0 aliphatic carbocycles. The Hall–Kier alpha value is -4.38. The van der Waals surface area contributed by atoms with Gasteiger partial charge in [-0.15, -0.1) is 0 Å². The molecule has 0 fully saturated rings. The molecule has 2 aromatic heterocycles. The van der Waals surface area contributed by atoms with E-state index in [4.69, 9.17) is 4.74 Å². The predicted molar refractivity (Wildman–Crippen MR) is 122 cm³/mol. The number of nitrogens with zero attached hydrogens (tertiary/aromatic N) is 4. The van der Waals surface area contributed by atoms with Gasteiger partial charge in [0.25, 0.3) is 0 Å². The number of rotatable bonds is 4. The fourth-order valence-electron chi connectivity index (χ4n) is 3.71. The highest BCUT2D eigenvalue weighted by molar-refractivity contribution is 5.79. The van der Waals surface area contributed by atoms with Gasteiger partial charge >= 0.3 is 0 Å². The van der Waals surface area contributed by atoms with Crippen molar-refractivity contribution >= 4 is 21.8 Å². The van der Waals surface area contributed by atoms with E-state index in [9.17, 15) is 0 Å². The van der Waals surface area contributed by atoms with Crippen molar-refractivity contribution in [2.75, 3.05) is 0 Å². The Morgan fingerprint density at radius 2 is 1.00 bits per heavy atom. The molecule has 0 radical (unpaired) electrons. The number of fused-ring (bicyclic) bond motifs is 2. The number of hydrogen-bond donors (Lipinski definition) is 0. The summed E-state index contributed by atoms with van der Waals surface area (Å²) in [4.78, 5) is 0. The van der Waals surface area contributed by atoms with Crippen molar-refractivity contribution in [2.24, 2.45) is 0 Å². The third kappa shape index (κ3) is 3.32. The fourth-order valence-corrected chi connectivity index (χ4v) is 3.71. The monoisotopic (exact) mass is 402 g/mol. The zero-order chi connectivity index (χ0) is 20.6. The Labute approximate surface area is 178 Å². The third-order valence-corrected chi connectivity index (χ3v) is 5.23. The maximum Gasteiger partial charge on any atom is 0.129 e. The van der Waals surface area contributed by atoms with Crippen molar-refractivity contribution in [3.8, 4) is 22.9 Å². The van der Waals surface area contributed by atoms with Gasteiger partial charge in [-0.05, 0) is 36.4 Å². The standard InChI is InChI=1S/C26H18N4O/c1-3-13-25-19(7-1)17-29(27-25)21-9-5-11-23(15-21)31-24-12-6-10-22(16-24)30-18-20-8-2-4-14-26(20)28-30/h1-18H. The fraction of sp³-hybridized carbons (Fsp3) is 0. The Kier molecular flexibility index (Phi) is 4.03. The summed E-state index contributed by atoms with van der Waals surface area (Å²) < 4.78 is 9.93. The van der Waals surface area contributed by atoms with Gasteiger partial charge in [-0.3, -0.25) is 0 Å². The molecule has 0 saturated carbocycles. The van der Waals surface area contributed by atoms with Crippen molar-refractivity contribution in [3.63, 3.8) is 0 Å². The summed E-state index contributed by atoms with van der Waals surface area (Å²) in [5.41, 5.74) is 3.83. The first kappa shape index (κ1) is 17.5. The lowest BCUT2D eigenvalue weighted by Gasteiger charge is -2.09. The third-order valence-electron chi connectivity index (χ3n) is 5.23. The summed E-state index contributed by atoms with van der Waals surface area (Å²) in [6.45, 7) is 0. The normalized spacial score (nSPS) is 11.2. The smallest absolute Gasteiger partial charge is 0.129 e. The van der Waals surface area contributed by atoms with Crippen LogP contribution in [0.5, 0.6) is 11.5 Å². The Morgan fingerprint density at radius 1 is 0.516 bits per heavy atom. The second-order valence-electron chi connectivity index (χ2n) is 7.36. The molecule has 2 heterocycles. The summed E-state index contributed by atoms with van der Waals surface area (Å²) in [7, 11) is 0. The number of benzene rings is 4. The van der Waals surface area contributed by atoms with Gasteiger partial charge in [-0.2, -0.15) is 10.2 Å². The van der Waals surface area contributed by atoms with Crippen LogP contribution in [0, 0.1) is 0 Å². The van der Waals surface area contributed by atoms with Gasteiger partial charge in [0.2, 0.25) is 0 Å². The Balaban J connectivity index is 1.30. The lowest BCUT2D eigenvalue weighted by Crippen LogP contribution is -1.96. The molecule has 0 bridgehead atoms. The molecule has 0 aliphatic heterocycles. The van der Waals surface area contributed by atoms with Crippen LogP contribution in [0.4, 0.5) is 0 Å². The molecule has 31 heavy (non-hydrogen) atoms. The van der Waals surface area contributed by atoms with Gasteiger partial charge in [-0.25, -0.2) is 9.36 Å². The van der Waals surface area contributed by atoms with E-state index >= 15 is 0 Å². The van der Waals surface area contributed by atoms with Crippen molar-refractivity contribution in [1.82, 2.24) is 19.6 Å². The van der Waals surface area contributed by atoms with Crippen molar-refractivity contribution < 1.29 is 4.74 Å². The molecule has 6 rings (SSSR count). The molecule has 0 unspecified atom stereocenters. The van der Waals surface area contributed by atoms with E-state index in [1.807, 2.05) is 107 Å². The molecule has 0 saturated heterocycles. The van der Waals surface area contributed by atoms with Gasteiger partial charge in [0.05, 0.1) is 22.4 Å². The maximum atomic E-state index is 6.17. The summed E-state index contributed by atoms with van der Waals surface area (Å²) in [6.07, 6.45) is 4.05. The molecule has 0 amide bonds. The van der Waals surface area contributed by atoms with Crippen LogP contribution in [0.15, 0.2) is 109 Å². The van der Waals surface area contributed by atoms with Crippen molar-refractivity contribution in [3.05, 3.63) is 109 Å². The molecule has 4 aromatic carbocycles. The lowest BCUT2D eigenvalue weighted by atomic mass is 10.2. The van der Waals surface area contributed by atoms with Crippen LogP contribution < -0.4 is 4.74 Å². The SMILES string of the molecule is c1cc(Oc2cccc(-n3cc4ccccc4n3)c2)cc(-n2cc3ccccc3n2)c1. The van der Waals surface area contributed by atoms with E-state index in [1.165, 1.54) is 0 Å². The predicted octanol–water partition coefficient (Wildman–Crippen LogP) is 6.16. The quantitative estimate of drug-likeness (QED) is 0.355. The zero-order valence-electron chi connectivity index (χ0n) is 16.6. The van der Waals surface area contributed by atoms with Crippen LogP contribution in [-0.4, -0.2) is 19.6 Å². The molecule has 148 valence electrons. The molecule has 0 atom stereocenters. The molecular formula is C26H18N4O. The molecule has 5 nitrogen and oxygen atoms in total. The van der Waals surface area contributed by atoms with E-state index in [2.05, 4.69) is 22.3 Å². The lowest BCUT2D eigenvalue weighted by molar-refractivity contribution is 0.481. The van der Waals surface area contributed by atoms with Gasteiger partial charge in [-0.1, -0.05) is 48.5 Å². The van der Waals surface area contributed by atoms with E-state index in [-0.39, 0.29) is 0 Å². The van der Waals surface area contributed by atoms with Crippen LogP contribution in [0.2, 0.25) is 0 Å².